The van der Waals surface area contributed by atoms with Crippen LogP contribution in [0.3, 0.4) is 0 Å². The molecule has 84 valence electrons. The number of nitrogens with zero attached hydrogens (tertiary/aromatic N) is 3. The third kappa shape index (κ3) is 4.94. The van der Waals surface area contributed by atoms with Crippen molar-refractivity contribution >= 4 is 26.1 Å². The van der Waals surface area contributed by atoms with E-state index in [1.807, 2.05) is 26.0 Å². The first-order chi connectivity index (χ1) is 7.16. The summed E-state index contributed by atoms with van der Waals surface area (Å²) in [6, 6.07) is 6.13. The van der Waals surface area contributed by atoms with Crippen LogP contribution in [0.4, 0.5) is 0 Å². The number of aromatic nitrogens is 3. The number of hydrogen-bond acceptors (Lipinski definition) is 5. The summed E-state index contributed by atoms with van der Waals surface area (Å²) < 4.78 is 0. The van der Waals surface area contributed by atoms with E-state index in [1.54, 1.807) is 0 Å². The van der Waals surface area contributed by atoms with Gasteiger partial charge in [-0.05, 0) is 19.4 Å². The van der Waals surface area contributed by atoms with Gasteiger partial charge in [0.05, 0.1) is 0 Å². The molecule has 0 aliphatic carbocycles. The zero-order valence-corrected chi connectivity index (χ0v) is 12.6. The average Bonchev–Trinajstić information content (AvgIpc) is 2.22. The maximum absolute atomic E-state index is 4.88. The van der Waals surface area contributed by atoms with Crippen LogP contribution in [-0.4, -0.2) is 15.0 Å². The molecule has 0 amide bonds. The Morgan fingerprint density at radius 3 is 2.39 bits per heavy atom. The molecule has 0 bridgehead atoms. The van der Waals surface area contributed by atoms with Crippen molar-refractivity contribution in [3.05, 3.63) is 35.7 Å². The molecule has 7 heteroatoms. The molecule has 2 aromatic rings. The molecule has 0 saturated carbocycles. The van der Waals surface area contributed by atoms with Gasteiger partial charge in [-0.3, -0.25) is 0 Å². The van der Waals surface area contributed by atoms with E-state index in [0.717, 1.165) is 11.1 Å². The molecule has 0 radical (unpaired) electrons. The van der Waals surface area contributed by atoms with E-state index in [2.05, 4.69) is 27.3 Å². The van der Waals surface area contributed by atoms with Gasteiger partial charge in [0.25, 0.3) is 0 Å². The second-order valence-electron chi connectivity index (χ2n) is 3.36. The zero-order valence-electron chi connectivity index (χ0n) is 10.9. The van der Waals surface area contributed by atoms with Crippen LogP contribution in [0.1, 0.15) is 11.1 Å². The van der Waals surface area contributed by atoms with Gasteiger partial charge in [-0.25, -0.2) is 0 Å². The Labute approximate surface area is 144 Å². The van der Waals surface area contributed by atoms with Crippen LogP contribution in [0.25, 0.3) is 11.4 Å². The van der Waals surface area contributed by atoms with Gasteiger partial charge in [0, 0.05) is 12.2 Å². The molecule has 1 heterocycles. The third-order valence-corrected chi connectivity index (χ3v) is 2.32. The van der Waals surface area contributed by atoms with E-state index in [4.69, 9.17) is 12.6 Å². The summed E-state index contributed by atoms with van der Waals surface area (Å²) in [7, 11) is 0. The predicted molar refractivity (Wildman–Crippen MR) is 68.0 cm³/mol. The predicted octanol–water partition coefficient (Wildman–Crippen LogP) is -4.40. The molecular weight excluding hydrogens is 252 g/mol. The fraction of sp³-hybridized carbons (Fsp3) is 0.182. The molecule has 0 spiro atoms. The molecule has 3 nitrogen and oxygen atoms in total. The Balaban J connectivity index is 0. The van der Waals surface area contributed by atoms with Crippen LogP contribution in [0.2, 0.25) is 0 Å². The summed E-state index contributed by atoms with van der Waals surface area (Å²) in [6.07, 6.45) is 2.51. The van der Waals surface area contributed by atoms with Gasteiger partial charge in [-0.15, -0.1) is 5.16 Å². The Bertz CT molecular complexity index is 509. The topological polar surface area (TPSA) is 38.7 Å². The van der Waals surface area contributed by atoms with Gasteiger partial charge in [-0.2, -0.15) is 0 Å². The van der Waals surface area contributed by atoms with E-state index in [-0.39, 0.29) is 56.4 Å². The molecule has 1 aromatic heterocycles. The van der Waals surface area contributed by atoms with Crippen molar-refractivity contribution in [1.29, 1.82) is 0 Å². The molecule has 18 heavy (non-hydrogen) atoms. The van der Waals surface area contributed by atoms with E-state index < -0.39 is 0 Å². The first kappa shape index (κ1) is 20.3. The maximum Gasteiger partial charge on any atom is 1.00 e. The van der Waals surface area contributed by atoms with E-state index in [1.165, 1.54) is 5.56 Å². The van der Waals surface area contributed by atoms with E-state index in [0.29, 0.717) is 5.82 Å². The van der Waals surface area contributed by atoms with Crippen molar-refractivity contribution in [2.75, 3.05) is 0 Å². The largest absolute Gasteiger partial charge is 1.00 e. The number of hydrogen-bond donors (Lipinski definition) is 0. The molecule has 0 fully saturated rings. The zero-order chi connectivity index (χ0) is 10.8. The van der Waals surface area contributed by atoms with Gasteiger partial charge in [0.15, 0.2) is 0 Å². The standard InChI is InChI=1S/C11H10N3S.2Li.H2S/c1-7-3-4-8(2)9(5-7)10-12-6-13-11(15)14-10;;;/h3-5H,1-2H3,(H,12,13,14,15);;;1H2/q-1;2*+1;/p-2. The summed E-state index contributed by atoms with van der Waals surface area (Å²) >= 11 is 4.88. The van der Waals surface area contributed by atoms with Crippen LogP contribution < -0.4 is 37.7 Å². The molecule has 0 unspecified atom stereocenters. The quantitative estimate of drug-likeness (QED) is 0.225. The number of thiol groups is 1. The molecule has 0 N–H and O–H groups in total. The Kier molecular flexibility index (Phi) is 10.1. The number of benzene rings is 1. The first-order valence-electron chi connectivity index (χ1n) is 4.53. The fourth-order valence-electron chi connectivity index (χ4n) is 1.35. The SMILES string of the molecule is Cc1ccc(C)c(-c2n[c-]nc([S-])n2)c1.[Li+].[Li+].[SH-]. The normalized spacial score (nSPS) is 8.56. The average molecular weight is 262 g/mol. The van der Waals surface area contributed by atoms with Crippen molar-refractivity contribution in [1.82, 2.24) is 15.0 Å². The molecule has 1 aromatic carbocycles. The van der Waals surface area contributed by atoms with Crippen LogP contribution in [0.15, 0.2) is 23.4 Å². The van der Waals surface area contributed by atoms with Crippen molar-refractivity contribution < 1.29 is 37.7 Å². The Hall–Kier alpha value is -0.00519. The fourth-order valence-corrected chi connectivity index (χ4v) is 1.48. The second kappa shape index (κ2) is 8.99. The smallest absolute Gasteiger partial charge is 0.821 e. The Morgan fingerprint density at radius 1 is 1.11 bits per heavy atom. The molecular formula is C11H10Li2N3S2-. The van der Waals surface area contributed by atoms with Gasteiger partial charge in [-0.1, -0.05) is 29.3 Å². The summed E-state index contributed by atoms with van der Waals surface area (Å²) in [4.78, 5) is 11.8. The van der Waals surface area contributed by atoms with Gasteiger partial charge in [0.2, 0.25) is 0 Å². The van der Waals surface area contributed by atoms with Crippen LogP contribution in [-0.2, 0) is 26.1 Å². The molecule has 0 aliphatic heterocycles. The van der Waals surface area contributed by atoms with Crippen LogP contribution in [0.5, 0.6) is 0 Å². The Morgan fingerprint density at radius 2 is 1.78 bits per heavy atom. The number of rotatable bonds is 1. The summed E-state index contributed by atoms with van der Waals surface area (Å²) in [5, 5.41) is 0.279. The molecule has 0 aliphatic rings. The van der Waals surface area contributed by atoms with Crippen LogP contribution >= 0.6 is 0 Å². The van der Waals surface area contributed by atoms with Gasteiger partial charge < -0.3 is 41.1 Å². The van der Waals surface area contributed by atoms with E-state index in [9.17, 15) is 0 Å². The van der Waals surface area contributed by atoms with Crippen LogP contribution in [0, 0.1) is 20.2 Å². The molecule has 0 atom stereocenters. The van der Waals surface area contributed by atoms with Crippen molar-refractivity contribution in [2.24, 2.45) is 0 Å². The monoisotopic (exact) mass is 262 g/mol. The summed E-state index contributed by atoms with van der Waals surface area (Å²) in [5.74, 6) is 0.594. The summed E-state index contributed by atoms with van der Waals surface area (Å²) in [6.45, 7) is 4.05. The minimum absolute atomic E-state index is 0. The minimum Gasteiger partial charge on any atom is -0.821 e. The molecule has 0 saturated heterocycles. The molecule has 2 rings (SSSR count). The van der Waals surface area contributed by atoms with E-state index >= 15 is 0 Å². The summed E-state index contributed by atoms with van der Waals surface area (Å²) in [5.41, 5.74) is 3.27. The number of aryl methyl sites for hydroxylation is 2. The maximum atomic E-state index is 4.88. The van der Waals surface area contributed by atoms with Crippen molar-refractivity contribution in [3.8, 4) is 11.4 Å². The minimum atomic E-state index is 0. The van der Waals surface area contributed by atoms with Crippen molar-refractivity contribution in [3.63, 3.8) is 0 Å². The third-order valence-electron chi connectivity index (χ3n) is 2.14. The second-order valence-corrected chi connectivity index (χ2v) is 3.73. The van der Waals surface area contributed by atoms with Crippen molar-refractivity contribution in [2.45, 2.75) is 19.0 Å². The van der Waals surface area contributed by atoms with Gasteiger partial charge in [0.1, 0.15) is 0 Å². The van der Waals surface area contributed by atoms with Gasteiger partial charge >= 0.3 is 37.7 Å². The first-order valence-corrected chi connectivity index (χ1v) is 4.94.